The molecule has 0 aliphatic rings. The van der Waals surface area contributed by atoms with Gasteiger partial charge in [0.05, 0.1) is 18.8 Å². The van der Waals surface area contributed by atoms with E-state index in [0.29, 0.717) is 0 Å². The molecule has 0 rings (SSSR count). The molecular weight excluding hydrogens is 233 g/mol. The van der Waals surface area contributed by atoms with Crippen molar-refractivity contribution in [2.75, 3.05) is 6.61 Å². The highest BCUT2D eigenvalue weighted by Gasteiger charge is 2.48. The van der Waals surface area contributed by atoms with Crippen molar-refractivity contribution in [2.45, 2.75) is 50.4 Å². The topological polar surface area (TPSA) is 52.5 Å². The standard InChI is InChI=1S/C12H24BNO2S/c1-6-14-9(7-15)12(5,8(2)17)10(16)11(3,4)13/h1,8-10,14-17H,7,13H2,2-5H3. The second-order valence-electron chi connectivity index (χ2n) is 5.83. The summed E-state index contributed by atoms with van der Waals surface area (Å²) in [6.07, 6.45) is 4.59. The lowest BCUT2D eigenvalue weighted by molar-refractivity contribution is -0.0235. The van der Waals surface area contributed by atoms with Crippen LogP contribution in [0.5, 0.6) is 0 Å². The maximum absolute atomic E-state index is 10.5. The summed E-state index contributed by atoms with van der Waals surface area (Å²) in [4.78, 5) is 0. The Hall–Kier alpha value is -0.305. The number of aliphatic hydroxyl groups excluding tert-OH is 2. The third-order valence-electron chi connectivity index (χ3n) is 3.50. The predicted molar refractivity (Wildman–Crippen MR) is 78.0 cm³/mol. The average Bonchev–Trinajstić information content (AvgIpc) is 2.22. The van der Waals surface area contributed by atoms with Crippen LogP contribution in [0.4, 0.5) is 0 Å². The van der Waals surface area contributed by atoms with Crippen LogP contribution in [0, 0.1) is 17.9 Å². The molecule has 0 aromatic carbocycles. The highest BCUT2D eigenvalue weighted by Crippen LogP contribution is 2.43. The van der Waals surface area contributed by atoms with Gasteiger partial charge in [-0.05, 0) is 5.31 Å². The van der Waals surface area contributed by atoms with E-state index in [4.69, 9.17) is 6.42 Å². The van der Waals surface area contributed by atoms with Crippen LogP contribution < -0.4 is 5.32 Å². The van der Waals surface area contributed by atoms with E-state index in [2.05, 4.69) is 24.0 Å². The molecule has 5 heteroatoms. The van der Waals surface area contributed by atoms with E-state index in [1.165, 1.54) is 0 Å². The van der Waals surface area contributed by atoms with Crippen molar-refractivity contribution >= 4 is 20.5 Å². The van der Waals surface area contributed by atoms with Crippen LogP contribution in [0.2, 0.25) is 5.31 Å². The number of thiol groups is 1. The highest BCUT2D eigenvalue weighted by atomic mass is 32.1. The normalized spacial score (nSPS) is 20.8. The first kappa shape index (κ1) is 16.7. The van der Waals surface area contributed by atoms with Crippen molar-refractivity contribution in [1.29, 1.82) is 0 Å². The molecule has 0 aromatic rings. The molecule has 0 amide bonds. The average molecular weight is 257 g/mol. The first-order valence-corrected chi connectivity index (χ1v) is 6.32. The molecule has 0 heterocycles. The quantitative estimate of drug-likeness (QED) is 0.235. The van der Waals surface area contributed by atoms with Crippen molar-refractivity contribution in [1.82, 2.24) is 5.32 Å². The predicted octanol–water partition coefficient (Wildman–Crippen LogP) is 0.0447. The smallest absolute Gasteiger partial charge is 0.112 e. The molecule has 0 bridgehead atoms. The summed E-state index contributed by atoms with van der Waals surface area (Å²) in [5.41, 5.74) is -0.623. The summed E-state index contributed by atoms with van der Waals surface area (Å²) in [7, 11) is 1.95. The number of nitrogens with one attached hydrogen (secondary N) is 1. The molecule has 0 spiro atoms. The van der Waals surface area contributed by atoms with E-state index >= 15 is 0 Å². The van der Waals surface area contributed by atoms with Crippen molar-refractivity contribution in [3.05, 3.63) is 0 Å². The van der Waals surface area contributed by atoms with E-state index in [1.807, 2.05) is 35.5 Å². The van der Waals surface area contributed by atoms with Crippen LogP contribution in [-0.4, -0.2) is 42.1 Å². The minimum atomic E-state index is -0.638. The first-order chi connectivity index (χ1) is 7.62. The molecule has 3 N–H and O–H groups in total. The molecule has 0 saturated heterocycles. The molecule has 0 aliphatic heterocycles. The summed E-state index contributed by atoms with van der Waals surface area (Å²) in [6.45, 7) is 7.57. The number of aliphatic hydroxyl groups is 2. The van der Waals surface area contributed by atoms with E-state index in [9.17, 15) is 10.2 Å². The lowest BCUT2D eigenvalue weighted by atomic mass is 9.57. The highest BCUT2D eigenvalue weighted by molar-refractivity contribution is 7.81. The Morgan fingerprint density at radius 1 is 1.47 bits per heavy atom. The molecule has 17 heavy (non-hydrogen) atoms. The Kier molecular flexibility index (Phi) is 5.93. The zero-order valence-corrected chi connectivity index (χ0v) is 12.3. The second-order valence-corrected chi connectivity index (χ2v) is 6.61. The monoisotopic (exact) mass is 257 g/mol. The molecule has 3 nitrogen and oxygen atoms in total. The molecular formula is C12H24BNO2S. The van der Waals surface area contributed by atoms with E-state index in [-0.39, 0.29) is 17.2 Å². The van der Waals surface area contributed by atoms with Gasteiger partial charge in [-0.15, -0.1) is 0 Å². The van der Waals surface area contributed by atoms with Gasteiger partial charge in [-0.1, -0.05) is 34.1 Å². The third kappa shape index (κ3) is 3.57. The maximum Gasteiger partial charge on any atom is 0.112 e. The molecule has 4 atom stereocenters. The summed E-state index contributed by atoms with van der Waals surface area (Å²) >= 11 is 4.46. The van der Waals surface area contributed by atoms with Crippen LogP contribution in [0.3, 0.4) is 0 Å². The van der Waals surface area contributed by atoms with Gasteiger partial charge in [-0.2, -0.15) is 12.6 Å². The Morgan fingerprint density at radius 2 is 1.94 bits per heavy atom. The van der Waals surface area contributed by atoms with Gasteiger partial charge in [0.15, 0.2) is 0 Å². The van der Waals surface area contributed by atoms with Gasteiger partial charge in [-0.25, -0.2) is 0 Å². The number of terminal acetylenes is 1. The number of hydrogen-bond donors (Lipinski definition) is 4. The van der Waals surface area contributed by atoms with Crippen LogP contribution in [0.15, 0.2) is 0 Å². The third-order valence-corrected chi connectivity index (χ3v) is 4.06. The van der Waals surface area contributed by atoms with Gasteiger partial charge in [0.2, 0.25) is 0 Å². The van der Waals surface area contributed by atoms with Crippen molar-refractivity contribution in [3.8, 4) is 12.5 Å². The van der Waals surface area contributed by atoms with Gasteiger partial charge >= 0.3 is 0 Å². The van der Waals surface area contributed by atoms with Crippen LogP contribution >= 0.6 is 12.6 Å². The molecule has 0 aromatic heterocycles. The number of rotatable bonds is 6. The minimum absolute atomic E-state index is 0.116. The van der Waals surface area contributed by atoms with Crippen LogP contribution in [0.25, 0.3) is 0 Å². The lowest BCUT2D eigenvalue weighted by Crippen LogP contribution is -2.58. The molecule has 0 aliphatic carbocycles. The maximum atomic E-state index is 10.5. The SMILES string of the molecule is BC(C)(C)C(O)C(C)(C(C)S)C(CO)NC#C. The van der Waals surface area contributed by atoms with Crippen molar-refractivity contribution in [2.24, 2.45) is 5.41 Å². The van der Waals surface area contributed by atoms with Gasteiger partial charge in [-0.3, -0.25) is 0 Å². The fraction of sp³-hybridized carbons (Fsp3) is 0.833. The Bertz CT molecular complexity index is 285. The molecule has 0 radical (unpaired) electrons. The van der Waals surface area contributed by atoms with Gasteiger partial charge < -0.3 is 15.5 Å². The number of hydrogen-bond acceptors (Lipinski definition) is 4. The fourth-order valence-electron chi connectivity index (χ4n) is 2.14. The van der Waals surface area contributed by atoms with E-state index < -0.39 is 17.6 Å². The van der Waals surface area contributed by atoms with Gasteiger partial charge in [0.25, 0.3) is 0 Å². The molecule has 4 unspecified atom stereocenters. The van der Waals surface area contributed by atoms with Crippen molar-refractivity contribution in [3.63, 3.8) is 0 Å². The molecule has 98 valence electrons. The van der Waals surface area contributed by atoms with Gasteiger partial charge in [0.1, 0.15) is 7.85 Å². The van der Waals surface area contributed by atoms with Crippen LogP contribution in [-0.2, 0) is 0 Å². The Morgan fingerprint density at radius 3 is 2.18 bits per heavy atom. The summed E-state index contributed by atoms with van der Waals surface area (Å²) < 4.78 is 0. The van der Waals surface area contributed by atoms with E-state index in [1.54, 1.807) is 0 Å². The zero-order valence-electron chi connectivity index (χ0n) is 11.4. The largest absolute Gasteiger partial charge is 0.394 e. The minimum Gasteiger partial charge on any atom is -0.394 e. The first-order valence-electron chi connectivity index (χ1n) is 5.80. The summed E-state index contributed by atoms with van der Waals surface area (Å²) in [6, 6.07) is 1.94. The molecule has 0 saturated carbocycles. The van der Waals surface area contributed by atoms with Gasteiger partial charge in [0, 0.05) is 16.7 Å². The Labute approximate surface area is 111 Å². The van der Waals surface area contributed by atoms with Crippen LogP contribution in [0.1, 0.15) is 27.7 Å². The summed E-state index contributed by atoms with van der Waals surface area (Å²) in [5, 5.41) is 22.3. The second kappa shape index (κ2) is 6.04. The molecule has 0 fully saturated rings. The van der Waals surface area contributed by atoms with Crippen molar-refractivity contribution < 1.29 is 10.2 Å². The van der Waals surface area contributed by atoms with E-state index in [0.717, 1.165) is 0 Å². The Balaban J connectivity index is 5.37. The lowest BCUT2D eigenvalue weighted by Gasteiger charge is -2.48. The fourth-order valence-corrected chi connectivity index (χ4v) is 2.46. The summed E-state index contributed by atoms with van der Waals surface area (Å²) in [5.74, 6) is 0. The zero-order chi connectivity index (χ0) is 13.9.